The Bertz CT molecular complexity index is 1160. The summed E-state index contributed by atoms with van der Waals surface area (Å²) in [4.78, 5) is 0.0284. The van der Waals surface area contributed by atoms with Gasteiger partial charge in [-0.3, -0.25) is 5.01 Å². The number of nitrogens with zero attached hydrogens (tertiary/aromatic N) is 2. The van der Waals surface area contributed by atoms with E-state index >= 15 is 0 Å². The molecule has 5 nitrogen and oxygen atoms in total. The fourth-order valence-corrected chi connectivity index (χ4v) is 3.94. The van der Waals surface area contributed by atoms with Crippen molar-refractivity contribution in [1.82, 2.24) is 0 Å². The van der Waals surface area contributed by atoms with Gasteiger partial charge < -0.3 is 0 Å². The van der Waals surface area contributed by atoms with E-state index in [1.165, 1.54) is 24.3 Å². The third kappa shape index (κ3) is 4.17. The SMILES string of the molecule is NS(=O)(=O)c1ccc(N2N=C(c3ccc(Cl)cc3)CC2c2ccc(F)cc2)cc1. The van der Waals surface area contributed by atoms with Crippen molar-refractivity contribution in [1.29, 1.82) is 0 Å². The monoisotopic (exact) mass is 429 g/mol. The lowest BCUT2D eigenvalue weighted by Crippen LogP contribution is -2.19. The summed E-state index contributed by atoms with van der Waals surface area (Å²) in [5, 5.41) is 12.4. The molecule has 1 aliphatic heterocycles. The van der Waals surface area contributed by atoms with Crippen molar-refractivity contribution < 1.29 is 12.8 Å². The number of sulfonamides is 1. The first-order valence-electron chi connectivity index (χ1n) is 8.82. The second-order valence-corrected chi connectivity index (χ2v) is 8.71. The highest BCUT2D eigenvalue weighted by Crippen LogP contribution is 2.37. The number of hydrazone groups is 1. The number of primary sulfonamides is 1. The molecule has 0 aromatic heterocycles. The molecule has 0 fully saturated rings. The van der Waals surface area contributed by atoms with Crippen LogP contribution in [0.4, 0.5) is 10.1 Å². The fourth-order valence-electron chi connectivity index (χ4n) is 3.30. The van der Waals surface area contributed by atoms with E-state index in [0.717, 1.165) is 16.8 Å². The van der Waals surface area contributed by atoms with Gasteiger partial charge in [0.05, 0.1) is 22.3 Å². The second kappa shape index (κ2) is 7.59. The number of benzene rings is 3. The van der Waals surface area contributed by atoms with Gasteiger partial charge in [-0.05, 0) is 59.7 Å². The van der Waals surface area contributed by atoms with Crippen LogP contribution in [0.3, 0.4) is 0 Å². The zero-order valence-corrected chi connectivity index (χ0v) is 16.7. The van der Waals surface area contributed by atoms with Crippen LogP contribution >= 0.6 is 11.6 Å². The minimum atomic E-state index is -3.78. The molecule has 0 saturated heterocycles. The van der Waals surface area contributed by atoms with E-state index < -0.39 is 10.0 Å². The van der Waals surface area contributed by atoms with Crippen LogP contribution in [0.2, 0.25) is 5.02 Å². The van der Waals surface area contributed by atoms with Crippen LogP contribution in [0, 0.1) is 5.82 Å². The minimum Gasteiger partial charge on any atom is -0.257 e. The Morgan fingerprint density at radius 1 is 0.966 bits per heavy atom. The molecule has 8 heteroatoms. The largest absolute Gasteiger partial charge is 0.257 e. The molecule has 0 saturated carbocycles. The maximum Gasteiger partial charge on any atom is 0.238 e. The predicted molar refractivity (Wildman–Crippen MR) is 112 cm³/mol. The maximum atomic E-state index is 13.4. The first-order valence-corrected chi connectivity index (χ1v) is 10.7. The lowest BCUT2D eigenvalue weighted by Gasteiger charge is -2.24. The quantitative estimate of drug-likeness (QED) is 0.664. The molecule has 1 heterocycles. The van der Waals surface area contributed by atoms with Gasteiger partial charge in [0.1, 0.15) is 5.82 Å². The van der Waals surface area contributed by atoms with Gasteiger partial charge in [0.15, 0.2) is 0 Å². The third-order valence-corrected chi connectivity index (χ3v) is 5.95. The third-order valence-electron chi connectivity index (χ3n) is 4.77. The summed E-state index contributed by atoms with van der Waals surface area (Å²) >= 11 is 5.99. The van der Waals surface area contributed by atoms with Crippen molar-refractivity contribution in [3.8, 4) is 0 Å². The Morgan fingerprint density at radius 2 is 1.59 bits per heavy atom. The number of anilines is 1. The Balaban J connectivity index is 1.74. The van der Waals surface area contributed by atoms with Gasteiger partial charge in [0, 0.05) is 11.4 Å². The molecule has 4 rings (SSSR count). The van der Waals surface area contributed by atoms with Gasteiger partial charge in [-0.15, -0.1) is 0 Å². The lowest BCUT2D eigenvalue weighted by atomic mass is 9.98. The highest BCUT2D eigenvalue weighted by Gasteiger charge is 2.30. The molecule has 2 N–H and O–H groups in total. The van der Waals surface area contributed by atoms with Crippen molar-refractivity contribution in [3.63, 3.8) is 0 Å². The summed E-state index contributed by atoms with van der Waals surface area (Å²) in [5.74, 6) is -0.311. The summed E-state index contributed by atoms with van der Waals surface area (Å²) in [6.07, 6.45) is 0.601. The van der Waals surface area contributed by atoms with E-state index in [1.54, 1.807) is 36.4 Å². The Kier molecular flexibility index (Phi) is 5.12. The van der Waals surface area contributed by atoms with Gasteiger partial charge in [-0.25, -0.2) is 17.9 Å². The topological polar surface area (TPSA) is 75.8 Å². The molecule has 3 aromatic carbocycles. The smallest absolute Gasteiger partial charge is 0.238 e. The number of nitrogens with two attached hydrogens (primary N) is 1. The van der Waals surface area contributed by atoms with E-state index in [0.29, 0.717) is 17.1 Å². The molecule has 0 bridgehead atoms. The van der Waals surface area contributed by atoms with Crippen molar-refractivity contribution in [2.45, 2.75) is 17.4 Å². The zero-order valence-electron chi connectivity index (χ0n) is 15.2. The van der Waals surface area contributed by atoms with Gasteiger partial charge in [-0.2, -0.15) is 5.10 Å². The zero-order chi connectivity index (χ0) is 20.6. The summed E-state index contributed by atoms with van der Waals surface area (Å²) in [7, 11) is -3.78. The van der Waals surface area contributed by atoms with E-state index in [4.69, 9.17) is 21.8 Å². The van der Waals surface area contributed by atoms with Crippen molar-refractivity contribution in [3.05, 3.63) is 94.8 Å². The number of rotatable bonds is 4. The van der Waals surface area contributed by atoms with Crippen molar-refractivity contribution >= 4 is 33.0 Å². The molecule has 1 atom stereocenters. The molecule has 1 unspecified atom stereocenters. The fraction of sp³-hybridized carbons (Fsp3) is 0.0952. The molecule has 0 aliphatic carbocycles. The summed E-state index contributed by atoms with van der Waals surface area (Å²) in [6.45, 7) is 0. The first kappa shape index (κ1) is 19.6. The van der Waals surface area contributed by atoms with Crippen LogP contribution in [0.15, 0.2) is 82.8 Å². The number of hydrogen-bond acceptors (Lipinski definition) is 4. The Labute approximate surface area is 173 Å². The Morgan fingerprint density at radius 3 is 2.17 bits per heavy atom. The van der Waals surface area contributed by atoms with E-state index in [-0.39, 0.29) is 16.8 Å². The van der Waals surface area contributed by atoms with Crippen LogP contribution in [0.25, 0.3) is 0 Å². The number of halogens is 2. The maximum absolute atomic E-state index is 13.4. The minimum absolute atomic E-state index is 0.0284. The Hall–Kier alpha value is -2.74. The standard InChI is InChI=1S/C21H17ClFN3O2S/c22-16-5-1-14(2-6-16)20-13-21(15-3-7-17(23)8-4-15)26(25-20)18-9-11-19(12-10-18)29(24,27)28/h1-12,21H,13H2,(H2,24,27,28). The van der Waals surface area contributed by atoms with Gasteiger partial charge in [-0.1, -0.05) is 35.9 Å². The molecule has 148 valence electrons. The average molecular weight is 430 g/mol. The normalized spacial score (nSPS) is 16.7. The van der Waals surface area contributed by atoms with E-state index in [9.17, 15) is 12.8 Å². The molecule has 3 aromatic rings. The average Bonchev–Trinajstić information content (AvgIpc) is 3.14. The molecular weight excluding hydrogens is 413 g/mol. The van der Waals surface area contributed by atoms with Crippen LogP contribution < -0.4 is 10.1 Å². The molecule has 0 spiro atoms. The van der Waals surface area contributed by atoms with Gasteiger partial charge >= 0.3 is 0 Å². The van der Waals surface area contributed by atoms with E-state index in [1.807, 2.05) is 17.1 Å². The van der Waals surface area contributed by atoms with E-state index in [2.05, 4.69) is 0 Å². The molecule has 0 amide bonds. The predicted octanol–water partition coefficient (Wildman–Crippen LogP) is 4.48. The highest BCUT2D eigenvalue weighted by atomic mass is 35.5. The van der Waals surface area contributed by atoms with Gasteiger partial charge in [0.25, 0.3) is 0 Å². The van der Waals surface area contributed by atoms with Gasteiger partial charge in [0.2, 0.25) is 10.0 Å². The van der Waals surface area contributed by atoms with Crippen LogP contribution in [0.5, 0.6) is 0 Å². The van der Waals surface area contributed by atoms with Crippen molar-refractivity contribution in [2.24, 2.45) is 10.2 Å². The van der Waals surface area contributed by atoms with Crippen LogP contribution in [-0.2, 0) is 10.0 Å². The second-order valence-electron chi connectivity index (χ2n) is 6.71. The summed E-state index contributed by atoms with van der Waals surface area (Å²) < 4.78 is 36.5. The molecular formula is C21H17ClFN3O2S. The number of hydrogen-bond donors (Lipinski definition) is 1. The summed E-state index contributed by atoms with van der Waals surface area (Å²) in [5.41, 5.74) is 3.39. The van der Waals surface area contributed by atoms with Crippen molar-refractivity contribution in [2.75, 3.05) is 5.01 Å². The summed E-state index contributed by atoms with van der Waals surface area (Å²) in [6, 6.07) is 19.7. The lowest BCUT2D eigenvalue weighted by molar-refractivity contribution is 0.597. The first-order chi connectivity index (χ1) is 13.8. The van der Waals surface area contributed by atoms with Crippen LogP contribution in [-0.4, -0.2) is 14.1 Å². The highest BCUT2D eigenvalue weighted by molar-refractivity contribution is 7.89. The molecule has 0 radical (unpaired) electrons. The molecule has 1 aliphatic rings. The van der Waals surface area contributed by atoms with Crippen LogP contribution in [0.1, 0.15) is 23.6 Å². The molecule has 29 heavy (non-hydrogen) atoms.